The molecule has 0 N–H and O–H groups in total. The van der Waals surface area contributed by atoms with E-state index in [4.69, 9.17) is 4.42 Å². The second-order valence-corrected chi connectivity index (χ2v) is 5.52. The molecule has 9 heteroatoms. The first-order valence-electron chi connectivity index (χ1n) is 4.64. The zero-order valence-corrected chi connectivity index (χ0v) is 10.3. The summed E-state index contributed by atoms with van der Waals surface area (Å²) in [6.45, 7) is 1.96. The first-order valence-corrected chi connectivity index (χ1v) is 6.67. The van der Waals surface area contributed by atoms with E-state index in [0.29, 0.717) is 0 Å². The zero-order valence-electron chi connectivity index (χ0n) is 9.38. The topological polar surface area (TPSA) is 17.0 Å². The van der Waals surface area contributed by atoms with Crippen molar-refractivity contribution in [3.8, 4) is 0 Å². The summed E-state index contributed by atoms with van der Waals surface area (Å²) in [7, 11) is -8.66. The van der Waals surface area contributed by atoms with Gasteiger partial charge in [0.25, 0.3) is 5.52 Å². The van der Waals surface area contributed by atoms with Crippen molar-refractivity contribution >= 4 is 18.9 Å². The molecule has 0 aliphatic carbocycles. The minimum atomic E-state index is -10.7. The van der Waals surface area contributed by atoms with E-state index in [2.05, 4.69) is 0 Å². The average molecular weight is 309 g/mol. The molecule has 0 saturated carbocycles. The molecule has 0 aliphatic heterocycles. The summed E-state index contributed by atoms with van der Waals surface area (Å²) in [6, 6.07) is 8.01. The van der Waals surface area contributed by atoms with Crippen LogP contribution in [0.15, 0.2) is 28.7 Å². The molecule has 0 spiro atoms. The fourth-order valence-electron chi connectivity index (χ4n) is 1.22. The van der Waals surface area contributed by atoms with Gasteiger partial charge in [0.05, 0.1) is 6.92 Å². The molecule has 112 valence electrons. The first kappa shape index (κ1) is 17.7. The van der Waals surface area contributed by atoms with E-state index >= 15 is 0 Å². The molecule has 2 nitrogen and oxygen atoms in total. The summed E-state index contributed by atoms with van der Waals surface area (Å²) in [5.74, 6) is 0.936. The van der Waals surface area contributed by atoms with E-state index in [9.17, 15) is 25.2 Å². The van der Waals surface area contributed by atoms with Crippen molar-refractivity contribution in [3.05, 3.63) is 30.2 Å². The van der Waals surface area contributed by atoms with Gasteiger partial charge in [-0.2, -0.15) is 4.57 Å². The fourth-order valence-corrected chi connectivity index (χ4v) is 1.22. The number of fused-ring (bicyclic) bond motifs is 1. The van der Waals surface area contributed by atoms with Gasteiger partial charge in [0.15, 0.2) is 0 Å². The third-order valence-electron chi connectivity index (χ3n) is 1.96. The van der Waals surface area contributed by atoms with E-state index < -0.39 is 7.81 Å². The van der Waals surface area contributed by atoms with Crippen molar-refractivity contribution in [2.45, 2.75) is 14.4 Å². The van der Waals surface area contributed by atoms with Gasteiger partial charge in [-0.3, -0.25) is 0 Å². The summed E-state index contributed by atoms with van der Waals surface area (Å²) in [6.07, 6.45) is 0. The molecule has 0 bridgehead atoms. The molecule has 0 aliphatic rings. The summed E-state index contributed by atoms with van der Waals surface area (Å²) in [5, 5.41) is 0. The van der Waals surface area contributed by atoms with Gasteiger partial charge < -0.3 is 4.42 Å². The number of benzene rings is 1. The molecule has 2 aromatic rings. The van der Waals surface area contributed by atoms with Crippen LogP contribution in [0.4, 0.5) is 25.2 Å². The Morgan fingerprint density at radius 1 is 1.00 bits per heavy atom. The van der Waals surface area contributed by atoms with Crippen molar-refractivity contribution < 1.29 is 34.2 Å². The van der Waals surface area contributed by atoms with Crippen molar-refractivity contribution in [2.24, 2.45) is 7.05 Å². The van der Waals surface area contributed by atoms with E-state index in [0.717, 1.165) is 17.0 Å². The number of rotatable bonds is 0. The molecule has 0 saturated heterocycles. The van der Waals surface area contributed by atoms with Crippen LogP contribution in [-0.4, -0.2) is 0 Å². The van der Waals surface area contributed by atoms with Gasteiger partial charge in [0, 0.05) is 6.07 Å². The molecule has 1 heterocycles. The van der Waals surface area contributed by atoms with Crippen LogP contribution in [-0.2, 0) is 7.05 Å². The number of hydrogen-bond acceptors (Lipinski definition) is 1. The molecule has 1 aromatic carbocycles. The predicted molar refractivity (Wildman–Crippen MR) is 62.4 cm³/mol. The van der Waals surface area contributed by atoms with Gasteiger partial charge in [-0.15, -0.1) is 0 Å². The maximum absolute atomic E-state index is 10.7. The molecule has 1 aromatic heterocycles. The van der Waals surface area contributed by atoms with Gasteiger partial charge >= 0.3 is 38.9 Å². The van der Waals surface area contributed by atoms with Crippen molar-refractivity contribution in [2.75, 3.05) is 0 Å². The summed E-state index contributed by atoms with van der Waals surface area (Å²) in [4.78, 5) is 0. The summed E-state index contributed by atoms with van der Waals surface area (Å²) < 4.78 is 66.7. The Morgan fingerprint density at radius 3 is 1.84 bits per heavy atom. The molecule has 0 unspecified atom stereocenters. The number of aromatic nitrogens is 1. The number of nitrogens with zero attached hydrogens (tertiary/aromatic N) is 1. The summed E-state index contributed by atoms with van der Waals surface area (Å²) >= 11 is 0. The molecule has 19 heavy (non-hydrogen) atoms. The molecular formula is C10H14F6NOP. The van der Waals surface area contributed by atoms with Crippen molar-refractivity contribution in [3.63, 3.8) is 0 Å². The number of aryl methyl sites for hydroxylation is 2. The zero-order chi connectivity index (χ0) is 14.3. The Labute approximate surface area is 105 Å². The fraction of sp³-hybridized carbons (Fsp3) is 0.300. The minimum absolute atomic E-state index is 0. The summed E-state index contributed by atoms with van der Waals surface area (Å²) in [5.41, 5.74) is 2.09. The van der Waals surface area contributed by atoms with E-state index in [1.807, 2.05) is 42.8 Å². The second-order valence-electron chi connectivity index (χ2n) is 3.61. The van der Waals surface area contributed by atoms with Crippen LogP contribution < -0.4 is 4.57 Å². The van der Waals surface area contributed by atoms with Crippen molar-refractivity contribution in [1.82, 2.24) is 0 Å². The van der Waals surface area contributed by atoms with Crippen LogP contribution >= 0.6 is 7.81 Å². The molecule has 0 radical (unpaired) electrons. The number of para-hydroxylation sites is 2. The Morgan fingerprint density at radius 2 is 1.42 bits per heavy atom. The van der Waals surface area contributed by atoms with Gasteiger partial charge in [-0.25, -0.2) is 0 Å². The normalized spacial score (nSPS) is 14.7. The quantitative estimate of drug-likeness (QED) is 0.352. The second kappa shape index (κ2) is 4.37. The molecule has 0 atom stereocenters. The Balaban J connectivity index is 0.000000360. The number of hydrogen-bond donors (Lipinski definition) is 0. The van der Waals surface area contributed by atoms with Gasteiger partial charge in [0.1, 0.15) is 7.05 Å². The molecule has 0 fully saturated rings. The van der Waals surface area contributed by atoms with E-state index in [1.165, 1.54) is 0 Å². The van der Waals surface area contributed by atoms with Crippen LogP contribution in [0.2, 0.25) is 0 Å². The van der Waals surface area contributed by atoms with Crippen LogP contribution in [0, 0.1) is 6.92 Å². The SMILES string of the molecule is C.Cc1oc2ccccc2[n+]1C.F[P-](F)(F)(F)(F)F. The number of halogens is 6. The van der Waals surface area contributed by atoms with Gasteiger partial charge in [-0.1, -0.05) is 19.6 Å². The van der Waals surface area contributed by atoms with Crippen LogP contribution in [0.3, 0.4) is 0 Å². The maximum atomic E-state index is 9.87. The van der Waals surface area contributed by atoms with Crippen LogP contribution in [0.25, 0.3) is 11.1 Å². The standard InChI is InChI=1S/C9H10NO.CH4.F6P/c1-7-10(2)8-5-3-4-6-9(8)11-7;;1-7(2,3,4,5)6/h3-6H,1-2H3;1H4;/q+1;;-1. The van der Waals surface area contributed by atoms with Gasteiger partial charge in [-0.05, 0) is 6.07 Å². The van der Waals surface area contributed by atoms with E-state index in [-0.39, 0.29) is 7.43 Å². The van der Waals surface area contributed by atoms with Gasteiger partial charge in [0.2, 0.25) is 5.58 Å². The molecular weight excluding hydrogens is 295 g/mol. The molecule has 0 amide bonds. The average Bonchev–Trinajstić information content (AvgIpc) is 2.38. The monoisotopic (exact) mass is 309 g/mol. The predicted octanol–water partition coefficient (Wildman–Crippen LogP) is 5.58. The Hall–Kier alpha value is -1.30. The Bertz CT molecular complexity index is 562. The first-order chi connectivity index (χ1) is 7.74. The van der Waals surface area contributed by atoms with Crippen molar-refractivity contribution in [1.29, 1.82) is 0 Å². The third kappa shape index (κ3) is 7.66. The Kier molecular flexibility index (Phi) is 4.07. The third-order valence-corrected chi connectivity index (χ3v) is 1.96. The molecule has 2 rings (SSSR count). The van der Waals surface area contributed by atoms with Crippen LogP contribution in [0.1, 0.15) is 13.3 Å². The van der Waals surface area contributed by atoms with E-state index in [1.54, 1.807) is 0 Å². The van der Waals surface area contributed by atoms with Crippen LogP contribution in [0.5, 0.6) is 0 Å². The number of oxazole rings is 1.